The first-order valence-corrected chi connectivity index (χ1v) is 9.72. The molecule has 2 fully saturated rings. The lowest BCUT2D eigenvalue weighted by Crippen LogP contribution is -2.44. The van der Waals surface area contributed by atoms with E-state index >= 15 is 0 Å². The van der Waals surface area contributed by atoms with E-state index in [4.69, 9.17) is 10.1 Å². The third-order valence-electron chi connectivity index (χ3n) is 5.82. The summed E-state index contributed by atoms with van der Waals surface area (Å²) in [5, 5.41) is 8.59. The maximum atomic E-state index is 5.03. The lowest BCUT2D eigenvalue weighted by atomic mass is 10.1. The van der Waals surface area contributed by atoms with Crippen molar-refractivity contribution in [2.75, 3.05) is 18.0 Å². The molecule has 6 rings (SSSR count). The van der Waals surface area contributed by atoms with E-state index in [2.05, 4.69) is 39.5 Å². The Morgan fingerprint density at radius 1 is 0.929 bits per heavy atom. The van der Waals surface area contributed by atoms with Crippen LogP contribution >= 0.6 is 0 Å². The number of nitrogens with zero attached hydrogens (tertiary/aromatic N) is 5. The summed E-state index contributed by atoms with van der Waals surface area (Å²) >= 11 is 0. The molecule has 28 heavy (non-hydrogen) atoms. The number of pyridine rings is 1. The third kappa shape index (κ3) is 2.42. The first kappa shape index (κ1) is 15.8. The molecule has 0 saturated carbocycles. The Morgan fingerprint density at radius 3 is 2.54 bits per heavy atom. The second-order valence-electron chi connectivity index (χ2n) is 7.52. The van der Waals surface area contributed by atoms with E-state index in [9.17, 15) is 0 Å². The monoisotopic (exact) mass is 368 g/mol. The SMILES string of the molecule is c1ccc(-c2nc3ccc(N4C[C@@H]5C[C@@H]4CN5)nn3c2-c2ccncc2)cc1. The minimum atomic E-state index is 0.538. The number of imidazole rings is 1. The third-order valence-corrected chi connectivity index (χ3v) is 5.82. The number of hydrogen-bond acceptors (Lipinski definition) is 5. The smallest absolute Gasteiger partial charge is 0.155 e. The van der Waals surface area contributed by atoms with Crippen LogP contribution in [0.5, 0.6) is 0 Å². The minimum Gasteiger partial charge on any atom is -0.349 e. The van der Waals surface area contributed by atoms with Gasteiger partial charge in [-0.25, -0.2) is 9.50 Å². The van der Waals surface area contributed by atoms with E-state index in [1.165, 1.54) is 6.42 Å². The number of piperazine rings is 1. The van der Waals surface area contributed by atoms with Crippen LogP contribution in [0.1, 0.15) is 6.42 Å². The van der Waals surface area contributed by atoms with Gasteiger partial charge in [-0.05, 0) is 30.7 Å². The molecule has 0 unspecified atom stereocenters. The van der Waals surface area contributed by atoms with Gasteiger partial charge in [0.05, 0.1) is 5.69 Å². The van der Waals surface area contributed by atoms with Gasteiger partial charge in [-0.3, -0.25) is 4.98 Å². The predicted molar refractivity (Wildman–Crippen MR) is 109 cm³/mol. The number of anilines is 1. The van der Waals surface area contributed by atoms with E-state index in [1.807, 2.05) is 47.2 Å². The molecule has 5 heterocycles. The number of rotatable bonds is 3. The Bertz CT molecular complexity index is 1140. The van der Waals surface area contributed by atoms with Gasteiger partial charge in [0.25, 0.3) is 0 Å². The Morgan fingerprint density at radius 2 is 1.79 bits per heavy atom. The van der Waals surface area contributed by atoms with Crippen molar-refractivity contribution in [1.29, 1.82) is 0 Å². The summed E-state index contributed by atoms with van der Waals surface area (Å²) in [6.07, 6.45) is 4.84. The topological polar surface area (TPSA) is 58.4 Å². The number of hydrogen-bond donors (Lipinski definition) is 1. The molecule has 2 bridgehead atoms. The van der Waals surface area contributed by atoms with Gasteiger partial charge < -0.3 is 10.2 Å². The van der Waals surface area contributed by atoms with Gasteiger partial charge in [0.15, 0.2) is 5.65 Å². The van der Waals surface area contributed by atoms with Crippen LogP contribution in [-0.4, -0.2) is 44.8 Å². The Labute approximate surface area is 162 Å². The fraction of sp³-hybridized carbons (Fsp3) is 0.227. The zero-order valence-electron chi connectivity index (χ0n) is 15.4. The van der Waals surface area contributed by atoms with Crippen LogP contribution in [0, 0.1) is 0 Å². The molecule has 0 aliphatic carbocycles. The molecule has 6 nitrogen and oxygen atoms in total. The maximum Gasteiger partial charge on any atom is 0.155 e. The van der Waals surface area contributed by atoms with Crippen molar-refractivity contribution in [2.24, 2.45) is 0 Å². The highest BCUT2D eigenvalue weighted by Crippen LogP contribution is 2.34. The Kier molecular flexibility index (Phi) is 3.46. The van der Waals surface area contributed by atoms with Crippen molar-refractivity contribution in [3.63, 3.8) is 0 Å². The number of benzene rings is 1. The molecule has 1 aromatic carbocycles. The van der Waals surface area contributed by atoms with Crippen molar-refractivity contribution in [2.45, 2.75) is 18.5 Å². The predicted octanol–water partition coefficient (Wildman–Crippen LogP) is 3.01. The van der Waals surface area contributed by atoms with E-state index in [1.54, 1.807) is 0 Å². The molecule has 6 heteroatoms. The molecule has 2 atom stereocenters. The fourth-order valence-electron chi connectivity index (χ4n) is 4.48. The molecule has 138 valence electrons. The summed E-state index contributed by atoms with van der Waals surface area (Å²) in [5.41, 5.74) is 4.97. The van der Waals surface area contributed by atoms with Crippen LogP contribution in [0.25, 0.3) is 28.2 Å². The van der Waals surface area contributed by atoms with Crippen LogP contribution in [0.3, 0.4) is 0 Å². The highest BCUT2D eigenvalue weighted by Gasteiger charge is 2.38. The zero-order valence-corrected chi connectivity index (χ0v) is 15.4. The van der Waals surface area contributed by atoms with Crippen molar-refractivity contribution < 1.29 is 0 Å². The molecule has 2 saturated heterocycles. The van der Waals surface area contributed by atoms with E-state index in [0.717, 1.165) is 47.1 Å². The molecule has 4 aromatic rings. The van der Waals surface area contributed by atoms with Gasteiger partial charge in [-0.1, -0.05) is 30.3 Å². The molecule has 0 radical (unpaired) electrons. The van der Waals surface area contributed by atoms with Crippen molar-refractivity contribution in [1.82, 2.24) is 24.9 Å². The second-order valence-corrected chi connectivity index (χ2v) is 7.52. The molecular weight excluding hydrogens is 348 g/mol. The lowest BCUT2D eigenvalue weighted by molar-refractivity contribution is 0.573. The molecule has 1 N–H and O–H groups in total. The first-order chi connectivity index (χ1) is 13.9. The van der Waals surface area contributed by atoms with Crippen molar-refractivity contribution >= 4 is 11.5 Å². The van der Waals surface area contributed by atoms with Gasteiger partial charge >= 0.3 is 0 Å². The van der Waals surface area contributed by atoms with Crippen LogP contribution < -0.4 is 10.2 Å². The second kappa shape index (κ2) is 6.14. The normalized spacial score (nSPS) is 20.9. The molecule has 0 amide bonds. The average Bonchev–Trinajstić information content (AvgIpc) is 3.48. The summed E-state index contributed by atoms with van der Waals surface area (Å²) in [6, 6.07) is 19.7. The van der Waals surface area contributed by atoms with E-state index in [-0.39, 0.29) is 0 Å². The molecular formula is C22H20N6. The zero-order chi connectivity index (χ0) is 18.5. The van der Waals surface area contributed by atoms with E-state index in [0.29, 0.717) is 12.1 Å². The van der Waals surface area contributed by atoms with Crippen LogP contribution in [-0.2, 0) is 0 Å². The molecule has 3 aromatic heterocycles. The maximum absolute atomic E-state index is 5.03. The number of nitrogens with one attached hydrogen (secondary N) is 1. The summed E-state index contributed by atoms with van der Waals surface area (Å²) in [6.45, 7) is 2.06. The van der Waals surface area contributed by atoms with Crippen LogP contribution in [0.4, 0.5) is 5.82 Å². The van der Waals surface area contributed by atoms with Gasteiger partial charge in [0, 0.05) is 48.7 Å². The Balaban J connectivity index is 1.56. The largest absolute Gasteiger partial charge is 0.349 e. The highest BCUT2D eigenvalue weighted by atomic mass is 15.4. The fourth-order valence-corrected chi connectivity index (χ4v) is 4.48. The summed E-state index contributed by atoms with van der Waals surface area (Å²) in [7, 11) is 0. The Hall–Kier alpha value is -3.25. The van der Waals surface area contributed by atoms with Crippen molar-refractivity contribution in [3.8, 4) is 22.5 Å². The van der Waals surface area contributed by atoms with E-state index < -0.39 is 0 Å². The molecule has 0 spiro atoms. The summed E-state index contributed by atoms with van der Waals surface area (Å²) in [4.78, 5) is 11.5. The van der Waals surface area contributed by atoms with Gasteiger partial charge in [-0.2, -0.15) is 0 Å². The van der Waals surface area contributed by atoms with Gasteiger partial charge in [0.1, 0.15) is 11.5 Å². The first-order valence-electron chi connectivity index (χ1n) is 9.72. The molecule has 2 aliphatic heterocycles. The van der Waals surface area contributed by atoms with Crippen LogP contribution in [0.2, 0.25) is 0 Å². The minimum absolute atomic E-state index is 0.538. The lowest BCUT2D eigenvalue weighted by Gasteiger charge is -2.28. The summed E-state index contributed by atoms with van der Waals surface area (Å²) < 4.78 is 1.99. The molecule has 2 aliphatic rings. The quantitative estimate of drug-likeness (QED) is 0.602. The van der Waals surface area contributed by atoms with Crippen LogP contribution in [0.15, 0.2) is 67.0 Å². The van der Waals surface area contributed by atoms with Gasteiger partial charge in [-0.15, -0.1) is 5.10 Å². The number of fused-ring (bicyclic) bond motifs is 3. The highest BCUT2D eigenvalue weighted by molar-refractivity contribution is 5.81. The van der Waals surface area contributed by atoms with Gasteiger partial charge in [0.2, 0.25) is 0 Å². The number of aromatic nitrogens is 4. The standard InChI is InChI=1S/C22H20N6/c1-2-4-15(5-3-1)21-22(16-8-10-23-11-9-16)28-19(25-21)6-7-20(26-28)27-14-17-12-18(27)13-24-17/h1-11,17-18,24H,12-14H2/t17-,18+/m0/s1. The summed E-state index contributed by atoms with van der Waals surface area (Å²) in [5.74, 6) is 1.02. The van der Waals surface area contributed by atoms with Crippen molar-refractivity contribution in [3.05, 3.63) is 67.0 Å². The average molecular weight is 368 g/mol.